The summed E-state index contributed by atoms with van der Waals surface area (Å²) < 4.78 is 1.76. The van der Waals surface area contributed by atoms with E-state index in [1.165, 1.54) is 44.2 Å². The molecule has 0 atom stereocenters. The van der Waals surface area contributed by atoms with E-state index in [1.807, 2.05) is 0 Å². The maximum atomic E-state index is 5.36. The predicted octanol–water partition coefficient (Wildman–Crippen LogP) is 4.51. The van der Waals surface area contributed by atoms with Gasteiger partial charge in [0, 0.05) is 18.0 Å². The normalized spacial score (nSPS) is 21.0. The highest BCUT2D eigenvalue weighted by Gasteiger charge is 2.25. The van der Waals surface area contributed by atoms with Crippen molar-refractivity contribution >= 4 is 28.1 Å². The summed E-state index contributed by atoms with van der Waals surface area (Å²) >= 11 is 8.97. The van der Waals surface area contributed by atoms with Crippen molar-refractivity contribution in [2.75, 3.05) is 0 Å². The number of H-pyrrole nitrogens is 1. The first-order valence-electron chi connectivity index (χ1n) is 6.52. The monoisotopic (exact) mass is 312 g/mol. The SMILES string of the molecule is S=c1nc(CC2CC2)[nH]c(C2CCCC2)c1Br. The molecule has 1 N–H and O–H groups in total. The van der Waals surface area contributed by atoms with Crippen molar-refractivity contribution in [3.8, 4) is 0 Å². The first-order valence-corrected chi connectivity index (χ1v) is 7.73. The Balaban J connectivity index is 1.93. The minimum absolute atomic E-state index is 0.659. The zero-order valence-electron chi connectivity index (χ0n) is 9.84. The zero-order chi connectivity index (χ0) is 11.8. The lowest BCUT2D eigenvalue weighted by molar-refractivity contribution is 0.666. The van der Waals surface area contributed by atoms with Crippen LogP contribution in [0.1, 0.15) is 56.0 Å². The van der Waals surface area contributed by atoms with Gasteiger partial charge >= 0.3 is 0 Å². The molecule has 2 nitrogen and oxygen atoms in total. The Labute approximate surface area is 115 Å². The van der Waals surface area contributed by atoms with Crippen molar-refractivity contribution in [1.82, 2.24) is 9.97 Å². The van der Waals surface area contributed by atoms with Gasteiger partial charge in [-0.25, -0.2) is 4.98 Å². The van der Waals surface area contributed by atoms with Crippen LogP contribution in [-0.4, -0.2) is 9.97 Å². The number of nitrogens with one attached hydrogen (secondary N) is 1. The number of halogens is 1. The van der Waals surface area contributed by atoms with Crippen LogP contribution in [0.15, 0.2) is 4.47 Å². The van der Waals surface area contributed by atoms with Gasteiger partial charge in [0.15, 0.2) is 0 Å². The van der Waals surface area contributed by atoms with Crippen molar-refractivity contribution in [3.63, 3.8) is 0 Å². The van der Waals surface area contributed by atoms with E-state index in [0.717, 1.165) is 27.3 Å². The molecule has 0 radical (unpaired) electrons. The van der Waals surface area contributed by atoms with Gasteiger partial charge in [-0.05, 0) is 47.5 Å². The average molecular weight is 313 g/mol. The van der Waals surface area contributed by atoms with Gasteiger partial charge in [-0.3, -0.25) is 0 Å². The van der Waals surface area contributed by atoms with Crippen molar-refractivity contribution in [3.05, 3.63) is 20.6 Å². The quantitative estimate of drug-likeness (QED) is 0.832. The second kappa shape index (κ2) is 4.81. The Hall–Kier alpha value is -0.220. The third-order valence-electron chi connectivity index (χ3n) is 3.88. The van der Waals surface area contributed by atoms with Crippen LogP contribution in [0.2, 0.25) is 0 Å². The predicted molar refractivity (Wildman–Crippen MR) is 74.8 cm³/mol. The van der Waals surface area contributed by atoms with Gasteiger partial charge in [-0.1, -0.05) is 25.1 Å². The fourth-order valence-electron chi connectivity index (χ4n) is 2.71. The van der Waals surface area contributed by atoms with Gasteiger partial charge in [0.1, 0.15) is 10.5 Å². The van der Waals surface area contributed by atoms with Gasteiger partial charge < -0.3 is 4.98 Å². The van der Waals surface area contributed by atoms with Crippen molar-refractivity contribution in [2.45, 2.75) is 50.9 Å². The molecule has 0 amide bonds. The van der Waals surface area contributed by atoms with Crippen LogP contribution in [-0.2, 0) is 6.42 Å². The summed E-state index contributed by atoms with van der Waals surface area (Å²) in [4.78, 5) is 8.04. The summed E-state index contributed by atoms with van der Waals surface area (Å²) in [7, 11) is 0. The number of aromatic amines is 1. The van der Waals surface area contributed by atoms with E-state index in [0.29, 0.717) is 5.92 Å². The average Bonchev–Trinajstić information content (AvgIpc) is 2.95. The minimum Gasteiger partial charge on any atom is -0.346 e. The standard InChI is InChI=1S/C13H17BrN2S/c14-11-12(9-3-1-2-4-9)15-10(16-13(11)17)7-8-5-6-8/h8-9H,1-7H2,(H,15,16,17). The van der Waals surface area contributed by atoms with Crippen molar-refractivity contribution < 1.29 is 0 Å². The largest absolute Gasteiger partial charge is 0.346 e. The van der Waals surface area contributed by atoms with Crippen LogP contribution in [0.5, 0.6) is 0 Å². The molecule has 3 rings (SSSR count). The molecule has 0 aliphatic heterocycles. The highest BCUT2D eigenvalue weighted by Crippen LogP contribution is 2.37. The maximum absolute atomic E-state index is 5.36. The molecule has 1 heterocycles. The Bertz CT molecular complexity index is 473. The number of aromatic nitrogens is 2. The summed E-state index contributed by atoms with van der Waals surface area (Å²) in [6, 6.07) is 0. The van der Waals surface area contributed by atoms with Crippen LogP contribution in [0.3, 0.4) is 0 Å². The number of nitrogens with zero attached hydrogens (tertiary/aromatic N) is 1. The molecule has 2 aliphatic rings. The molecule has 1 aromatic heterocycles. The van der Waals surface area contributed by atoms with Gasteiger partial charge in [0.2, 0.25) is 0 Å². The topological polar surface area (TPSA) is 28.7 Å². The van der Waals surface area contributed by atoms with Gasteiger partial charge in [0.05, 0.1) is 4.47 Å². The van der Waals surface area contributed by atoms with Crippen LogP contribution < -0.4 is 0 Å². The molecule has 92 valence electrons. The van der Waals surface area contributed by atoms with E-state index in [9.17, 15) is 0 Å². The second-order valence-corrected chi connectivity index (χ2v) is 6.52. The fraction of sp³-hybridized carbons (Fsp3) is 0.692. The second-order valence-electron chi connectivity index (χ2n) is 5.35. The van der Waals surface area contributed by atoms with Crippen molar-refractivity contribution in [1.29, 1.82) is 0 Å². The van der Waals surface area contributed by atoms with E-state index in [4.69, 9.17) is 12.2 Å². The number of rotatable bonds is 3. The first-order chi connectivity index (χ1) is 8.24. The lowest BCUT2D eigenvalue weighted by Crippen LogP contribution is -2.05. The molecule has 1 aromatic rings. The third kappa shape index (κ3) is 2.63. The third-order valence-corrected chi connectivity index (χ3v) is 5.24. The van der Waals surface area contributed by atoms with Crippen LogP contribution >= 0.6 is 28.1 Å². The zero-order valence-corrected chi connectivity index (χ0v) is 12.2. The van der Waals surface area contributed by atoms with Gasteiger partial charge in [0.25, 0.3) is 0 Å². The molecule has 2 aliphatic carbocycles. The summed E-state index contributed by atoms with van der Waals surface area (Å²) in [5, 5.41) is 0. The minimum atomic E-state index is 0.659. The Kier molecular flexibility index (Phi) is 3.35. The summed E-state index contributed by atoms with van der Waals surface area (Å²) in [6.07, 6.45) is 9.06. The molecule has 0 spiro atoms. The van der Waals surface area contributed by atoms with E-state index in [1.54, 1.807) is 0 Å². The smallest absolute Gasteiger partial charge is 0.144 e. The molecule has 2 saturated carbocycles. The van der Waals surface area contributed by atoms with Gasteiger partial charge in [-0.2, -0.15) is 0 Å². The molecule has 0 bridgehead atoms. The summed E-state index contributed by atoms with van der Waals surface area (Å²) in [5.74, 6) is 2.61. The molecular weight excluding hydrogens is 296 g/mol. The Morgan fingerprint density at radius 3 is 2.59 bits per heavy atom. The molecule has 4 heteroatoms. The van der Waals surface area contributed by atoms with Crippen LogP contribution in [0.4, 0.5) is 0 Å². The molecule has 0 aromatic carbocycles. The van der Waals surface area contributed by atoms with Crippen molar-refractivity contribution in [2.24, 2.45) is 5.92 Å². The molecular formula is C13H17BrN2S. The summed E-state index contributed by atoms with van der Waals surface area (Å²) in [6.45, 7) is 0. The lowest BCUT2D eigenvalue weighted by Gasteiger charge is -2.13. The summed E-state index contributed by atoms with van der Waals surface area (Å²) in [5.41, 5.74) is 1.30. The molecule has 17 heavy (non-hydrogen) atoms. The fourth-order valence-corrected chi connectivity index (χ4v) is 3.44. The lowest BCUT2D eigenvalue weighted by atomic mass is 10.0. The molecule has 2 fully saturated rings. The maximum Gasteiger partial charge on any atom is 0.144 e. The van der Waals surface area contributed by atoms with E-state index in [2.05, 4.69) is 25.9 Å². The highest BCUT2D eigenvalue weighted by molar-refractivity contribution is 9.10. The van der Waals surface area contributed by atoms with E-state index < -0.39 is 0 Å². The van der Waals surface area contributed by atoms with Crippen LogP contribution in [0.25, 0.3) is 0 Å². The first kappa shape index (κ1) is 11.8. The number of hydrogen-bond donors (Lipinski definition) is 1. The van der Waals surface area contributed by atoms with E-state index in [-0.39, 0.29) is 0 Å². The van der Waals surface area contributed by atoms with E-state index >= 15 is 0 Å². The Morgan fingerprint density at radius 2 is 1.94 bits per heavy atom. The molecule has 0 unspecified atom stereocenters. The molecule has 0 saturated heterocycles. The van der Waals surface area contributed by atoms with Crippen LogP contribution in [0, 0.1) is 10.6 Å². The number of hydrogen-bond acceptors (Lipinski definition) is 2. The highest BCUT2D eigenvalue weighted by atomic mass is 79.9. The Morgan fingerprint density at radius 1 is 1.24 bits per heavy atom. The van der Waals surface area contributed by atoms with Gasteiger partial charge in [-0.15, -0.1) is 0 Å².